The SMILES string of the molecule is N#Cc1cc(Br)ccc1NC1CCN2CCCC2C1. The van der Waals surface area contributed by atoms with E-state index in [1.54, 1.807) is 0 Å². The molecule has 100 valence electrons. The maximum atomic E-state index is 9.20. The average Bonchev–Trinajstić information content (AvgIpc) is 2.88. The summed E-state index contributed by atoms with van der Waals surface area (Å²) in [6.45, 7) is 2.47. The Bertz CT molecular complexity index is 509. The van der Waals surface area contributed by atoms with Crippen molar-refractivity contribution in [1.82, 2.24) is 4.90 Å². The van der Waals surface area contributed by atoms with Crippen LogP contribution in [0.1, 0.15) is 31.2 Å². The summed E-state index contributed by atoms with van der Waals surface area (Å²) in [6, 6.07) is 9.41. The number of anilines is 1. The molecule has 0 amide bonds. The van der Waals surface area contributed by atoms with Crippen LogP contribution in [0.5, 0.6) is 0 Å². The lowest BCUT2D eigenvalue weighted by Crippen LogP contribution is -2.42. The zero-order valence-electron chi connectivity index (χ0n) is 10.9. The number of fused-ring (bicyclic) bond motifs is 1. The Morgan fingerprint density at radius 1 is 1.32 bits per heavy atom. The highest BCUT2D eigenvalue weighted by atomic mass is 79.9. The fourth-order valence-electron chi connectivity index (χ4n) is 3.31. The van der Waals surface area contributed by atoms with Crippen molar-refractivity contribution < 1.29 is 0 Å². The minimum atomic E-state index is 0.507. The van der Waals surface area contributed by atoms with Gasteiger partial charge in [0.15, 0.2) is 0 Å². The first-order valence-corrected chi connectivity index (χ1v) is 7.76. The molecule has 0 aromatic heterocycles. The van der Waals surface area contributed by atoms with E-state index in [9.17, 15) is 5.26 Å². The van der Waals surface area contributed by atoms with Gasteiger partial charge in [0.05, 0.1) is 11.3 Å². The first-order chi connectivity index (χ1) is 9.26. The molecule has 3 nitrogen and oxygen atoms in total. The van der Waals surface area contributed by atoms with Gasteiger partial charge in [-0.3, -0.25) is 0 Å². The Morgan fingerprint density at radius 3 is 3.05 bits per heavy atom. The third-order valence-corrected chi connectivity index (χ3v) is 4.78. The van der Waals surface area contributed by atoms with E-state index in [2.05, 4.69) is 32.2 Å². The predicted octanol–water partition coefficient (Wildman–Crippen LogP) is 3.36. The van der Waals surface area contributed by atoms with E-state index in [1.165, 1.54) is 38.8 Å². The van der Waals surface area contributed by atoms with Crippen molar-refractivity contribution >= 4 is 21.6 Å². The zero-order chi connectivity index (χ0) is 13.2. The summed E-state index contributed by atoms with van der Waals surface area (Å²) in [4.78, 5) is 2.62. The van der Waals surface area contributed by atoms with Crippen LogP contribution in [0.2, 0.25) is 0 Å². The molecule has 1 N–H and O–H groups in total. The van der Waals surface area contributed by atoms with Gasteiger partial charge in [0, 0.05) is 23.1 Å². The highest BCUT2D eigenvalue weighted by Crippen LogP contribution is 2.29. The number of nitrogens with zero attached hydrogens (tertiary/aromatic N) is 2. The first-order valence-electron chi connectivity index (χ1n) is 6.96. The fourth-order valence-corrected chi connectivity index (χ4v) is 3.67. The van der Waals surface area contributed by atoms with E-state index in [0.717, 1.165) is 21.8 Å². The molecule has 2 fully saturated rings. The number of rotatable bonds is 2. The monoisotopic (exact) mass is 319 g/mol. The van der Waals surface area contributed by atoms with Gasteiger partial charge in [0.25, 0.3) is 0 Å². The molecule has 1 aromatic rings. The quantitative estimate of drug-likeness (QED) is 0.908. The Kier molecular flexibility index (Phi) is 3.76. The van der Waals surface area contributed by atoms with Crippen molar-refractivity contribution in [2.75, 3.05) is 18.4 Å². The summed E-state index contributed by atoms with van der Waals surface area (Å²) in [7, 11) is 0. The second-order valence-corrected chi connectivity index (χ2v) is 6.42. The molecule has 2 unspecified atom stereocenters. The topological polar surface area (TPSA) is 39.1 Å². The van der Waals surface area contributed by atoms with Crippen molar-refractivity contribution in [3.8, 4) is 6.07 Å². The Labute approximate surface area is 122 Å². The summed E-state index contributed by atoms with van der Waals surface area (Å²) < 4.78 is 0.959. The van der Waals surface area contributed by atoms with Crippen LogP contribution in [0.3, 0.4) is 0 Å². The van der Waals surface area contributed by atoms with Crippen LogP contribution in [0, 0.1) is 11.3 Å². The molecule has 3 rings (SSSR count). The molecular formula is C15H18BrN3. The van der Waals surface area contributed by atoms with Gasteiger partial charge in [-0.2, -0.15) is 5.26 Å². The van der Waals surface area contributed by atoms with E-state index in [-0.39, 0.29) is 0 Å². The fraction of sp³-hybridized carbons (Fsp3) is 0.533. The van der Waals surface area contributed by atoms with Crippen molar-refractivity contribution in [2.24, 2.45) is 0 Å². The normalized spacial score (nSPS) is 26.7. The van der Waals surface area contributed by atoms with E-state index < -0.39 is 0 Å². The zero-order valence-corrected chi connectivity index (χ0v) is 12.5. The van der Waals surface area contributed by atoms with Crippen molar-refractivity contribution in [3.05, 3.63) is 28.2 Å². The molecule has 2 atom stereocenters. The van der Waals surface area contributed by atoms with Crippen LogP contribution in [0.25, 0.3) is 0 Å². The molecule has 2 aliphatic heterocycles. The number of benzene rings is 1. The highest BCUT2D eigenvalue weighted by molar-refractivity contribution is 9.10. The smallest absolute Gasteiger partial charge is 0.101 e. The molecular weight excluding hydrogens is 302 g/mol. The van der Waals surface area contributed by atoms with Gasteiger partial charge in [0.1, 0.15) is 6.07 Å². The van der Waals surface area contributed by atoms with E-state index >= 15 is 0 Å². The lowest BCUT2D eigenvalue weighted by molar-refractivity contribution is 0.188. The van der Waals surface area contributed by atoms with Gasteiger partial charge in [-0.15, -0.1) is 0 Å². The summed E-state index contributed by atoms with van der Waals surface area (Å²) >= 11 is 3.41. The number of halogens is 1. The first kappa shape index (κ1) is 13.0. The van der Waals surface area contributed by atoms with E-state index in [0.29, 0.717) is 6.04 Å². The summed E-state index contributed by atoms with van der Waals surface area (Å²) in [6.07, 6.45) is 5.07. The van der Waals surface area contributed by atoms with Crippen molar-refractivity contribution in [1.29, 1.82) is 5.26 Å². The lowest BCUT2D eigenvalue weighted by atomic mass is 9.97. The molecule has 0 radical (unpaired) electrons. The van der Waals surface area contributed by atoms with Crippen LogP contribution >= 0.6 is 15.9 Å². The van der Waals surface area contributed by atoms with E-state index in [4.69, 9.17) is 0 Å². The average molecular weight is 320 g/mol. The van der Waals surface area contributed by atoms with Gasteiger partial charge in [-0.05, 0) is 50.4 Å². The van der Waals surface area contributed by atoms with Crippen LogP contribution in [0.15, 0.2) is 22.7 Å². The van der Waals surface area contributed by atoms with Gasteiger partial charge >= 0.3 is 0 Å². The molecule has 0 bridgehead atoms. The molecule has 1 aromatic carbocycles. The van der Waals surface area contributed by atoms with Gasteiger partial charge < -0.3 is 10.2 Å². The van der Waals surface area contributed by atoms with Crippen LogP contribution < -0.4 is 5.32 Å². The third kappa shape index (κ3) is 2.77. The second-order valence-electron chi connectivity index (χ2n) is 5.50. The van der Waals surface area contributed by atoms with Crippen molar-refractivity contribution in [2.45, 2.75) is 37.8 Å². The minimum absolute atomic E-state index is 0.507. The molecule has 2 heterocycles. The number of hydrogen-bond donors (Lipinski definition) is 1. The summed E-state index contributed by atoms with van der Waals surface area (Å²) in [5.41, 5.74) is 1.70. The Hall–Kier alpha value is -1.05. The maximum Gasteiger partial charge on any atom is 0.101 e. The number of nitrogens with one attached hydrogen (secondary N) is 1. The Balaban J connectivity index is 1.70. The standard InChI is InChI=1S/C15H18BrN3/c16-12-3-4-15(11(8-12)10-17)18-13-5-7-19-6-1-2-14(19)9-13/h3-4,8,13-14,18H,1-2,5-7,9H2. The second kappa shape index (κ2) is 5.52. The molecule has 2 saturated heterocycles. The Morgan fingerprint density at radius 2 is 2.21 bits per heavy atom. The van der Waals surface area contributed by atoms with Crippen LogP contribution in [0.4, 0.5) is 5.69 Å². The number of piperidine rings is 1. The van der Waals surface area contributed by atoms with E-state index in [1.807, 2.05) is 18.2 Å². The highest BCUT2D eigenvalue weighted by Gasteiger charge is 2.31. The lowest BCUT2D eigenvalue weighted by Gasteiger charge is -2.35. The molecule has 0 aliphatic carbocycles. The molecule has 0 spiro atoms. The maximum absolute atomic E-state index is 9.20. The van der Waals surface area contributed by atoms with Crippen molar-refractivity contribution in [3.63, 3.8) is 0 Å². The summed E-state index contributed by atoms with van der Waals surface area (Å²) in [5.74, 6) is 0. The molecule has 2 aliphatic rings. The summed E-state index contributed by atoms with van der Waals surface area (Å²) in [5, 5.41) is 12.8. The van der Waals surface area contributed by atoms with Crippen LogP contribution in [-0.2, 0) is 0 Å². The van der Waals surface area contributed by atoms with Gasteiger partial charge in [0.2, 0.25) is 0 Å². The molecule has 4 heteroatoms. The molecule has 0 saturated carbocycles. The van der Waals surface area contributed by atoms with Crippen LogP contribution in [-0.4, -0.2) is 30.1 Å². The third-order valence-electron chi connectivity index (χ3n) is 4.28. The van der Waals surface area contributed by atoms with Gasteiger partial charge in [-0.25, -0.2) is 0 Å². The minimum Gasteiger partial charge on any atom is -0.381 e. The number of hydrogen-bond acceptors (Lipinski definition) is 3. The predicted molar refractivity (Wildman–Crippen MR) is 80.1 cm³/mol. The largest absolute Gasteiger partial charge is 0.381 e. The number of nitriles is 1. The molecule has 19 heavy (non-hydrogen) atoms. The van der Waals surface area contributed by atoms with Gasteiger partial charge in [-0.1, -0.05) is 15.9 Å².